The molecule has 0 N–H and O–H groups in total. The van der Waals surface area contributed by atoms with Crippen LogP contribution in [0.1, 0.15) is 117 Å². The standard InChI is InChI=1S/C36H56O3/c1-23(2)10-9-11-24(3)29-15-16-30-28-13-12-26-22-25(18-20-35(26,4)31(28)19-21-36(29,30)5)27-14-17-32(37-6)34(39-8)33(27)38-7/h12,14,17,23-25,28-31H,9-11,13,15-16,18-22H2,1-8H3/t24-,25+,28+,29-,30+,31+,35+,36-/m1/s1. The van der Waals surface area contributed by atoms with Gasteiger partial charge in [0.15, 0.2) is 11.5 Å². The van der Waals surface area contributed by atoms with Crippen molar-refractivity contribution in [1.82, 2.24) is 0 Å². The number of ether oxygens (including phenoxy) is 3. The Labute approximate surface area is 239 Å². The molecule has 1 aromatic carbocycles. The Bertz CT molecular complexity index is 1040. The maximum Gasteiger partial charge on any atom is 0.203 e. The lowest BCUT2D eigenvalue weighted by molar-refractivity contribution is -0.0510. The first-order valence-electron chi connectivity index (χ1n) is 16.2. The summed E-state index contributed by atoms with van der Waals surface area (Å²) in [7, 11) is 5.17. The van der Waals surface area contributed by atoms with Gasteiger partial charge in [0, 0.05) is 5.56 Å². The molecule has 0 bridgehead atoms. The average Bonchev–Trinajstić information content (AvgIpc) is 3.28. The van der Waals surface area contributed by atoms with Crippen molar-refractivity contribution < 1.29 is 14.2 Å². The van der Waals surface area contributed by atoms with Crippen molar-refractivity contribution in [3.05, 3.63) is 29.3 Å². The van der Waals surface area contributed by atoms with Crippen LogP contribution in [-0.4, -0.2) is 21.3 Å². The van der Waals surface area contributed by atoms with Gasteiger partial charge in [0.2, 0.25) is 5.75 Å². The average molecular weight is 537 g/mol. The summed E-state index contributed by atoms with van der Waals surface area (Å²) in [5, 5.41) is 0. The first-order valence-corrected chi connectivity index (χ1v) is 16.2. The van der Waals surface area contributed by atoms with E-state index in [-0.39, 0.29) is 0 Å². The third-order valence-corrected chi connectivity index (χ3v) is 12.5. The van der Waals surface area contributed by atoms with Gasteiger partial charge in [-0.1, -0.05) is 71.6 Å². The van der Waals surface area contributed by atoms with Gasteiger partial charge in [0.25, 0.3) is 0 Å². The van der Waals surface area contributed by atoms with E-state index >= 15 is 0 Å². The first kappa shape index (κ1) is 28.9. The van der Waals surface area contributed by atoms with E-state index in [2.05, 4.69) is 52.8 Å². The second kappa shape index (κ2) is 11.3. The predicted molar refractivity (Wildman–Crippen MR) is 162 cm³/mol. The summed E-state index contributed by atoms with van der Waals surface area (Å²) in [6.45, 7) is 12.7. The molecule has 3 fully saturated rings. The highest BCUT2D eigenvalue weighted by Gasteiger charge is 2.59. The minimum absolute atomic E-state index is 0.367. The number of hydrogen-bond donors (Lipinski definition) is 0. The fourth-order valence-electron chi connectivity index (χ4n) is 10.4. The maximum absolute atomic E-state index is 5.91. The Kier molecular flexibility index (Phi) is 8.38. The van der Waals surface area contributed by atoms with Crippen LogP contribution in [0.5, 0.6) is 17.2 Å². The van der Waals surface area contributed by atoms with Gasteiger partial charge in [-0.25, -0.2) is 0 Å². The van der Waals surface area contributed by atoms with Crippen LogP contribution in [0.2, 0.25) is 0 Å². The molecule has 0 radical (unpaired) electrons. The molecule has 0 amide bonds. The molecule has 1 aromatic rings. The number of benzene rings is 1. The number of fused-ring (bicyclic) bond motifs is 5. The largest absolute Gasteiger partial charge is 0.493 e. The summed E-state index contributed by atoms with van der Waals surface area (Å²) in [6.07, 6.45) is 17.8. The van der Waals surface area contributed by atoms with Crippen LogP contribution in [0.15, 0.2) is 23.8 Å². The van der Waals surface area contributed by atoms with E-state index in [9.17, 15) is 0 Å². The third-order valence-electron chi connectivity index (χ3n) is 12.5. The van der Waals surface area contributed by atoms with Gasteiger partial charge in [0.1, 0.15) is 0 Å². The van der Waals surface area contributed by atoms with E-state index in [1.807, 2.05) is 0 Å². The van der Waals surface area contributed by atoms with Crippen LogP contribution in [0.4, 0.5) is 0 Å². The summed E-state index contributed by atoms with van der Waals surface area (Å²) >= 11 is 0. The van der Waals surface area contributed by atoms with Crippen LogP contribution in [0.25, 0.3) is 0 Å². The number of hydrogen-bond acceptors (Lipinski definition) is 3. The van der Waals surface area contributed by atoms with Gasteiger partial charge in [0.05, 0.1) is 21.3 Å². The smallest absolute Gasteiger partial charge is 0.203 e. The van der Waals surface area contributed by atoms with Crippen LogP contribution >= 0.6 is 0 Å². The van der Waals surface area contributed by atoms with E-state index in [1.165, 1.54) is 69.8 Å². The van der Waals surface area contributed by atoms with Gasteiger partial charge in [-0.05, 0) is 110 Å². The van der Waals surface area contributed by atoms with Crippen molar-refractivity contribution in [3.63, 3.8) is 0 Å². The molecule has 0 saturated heterocycles. The Morgan fingerprint density at radius 3 is 2.31 bits per heavy atom. The summed E-state index contributed by atoms with van der Waals surface area (Å²) in [6, 6.07) is 4.27. The molecule has 0 heterocycles. The number of allylic oxidation sites excluding steroid dienone is 2. The molecule has 4 aliphatic rings. The van der Waals surface area contributed by atoms with E-state index in [0.29, 0.717) is 16.7 Å². The SMILES string of the molecule is COc1ccc([C@H]2CC[C@@]3(C)C(=CC[C@H]4[C@@H]5CC[C@H]([C@H](C)CCCC(C)C)[C@@]5(C)CC[C@@H]43)C2)c(OC)c1OC. The van der Waals surface area contributed by atoms with E-state index in [0.717, 1.165) is 59.2 Å². The highest BCUT2D eigenvalue weighted by molar-refractivity contribution is 5.57. The lowest BCUT2D eigenvalue weighted by atomic mass is 9.46. The topological polar surface area (TPSA) is 27.7 Å². The van der Waals surface area contributed by atoms with E-state index < -0.39 is 0 Å². The lowest BCUT2D eigenvalue weighted by Gasteiger charge is -2.58. The summed E-state index contributed by atoms with van der Waals surface area (Å²) in [5.41, 5.74) is 3.94. The quantitative estimate of drug-likeness (QED) is 0.294. The zero-order chi connectivity index (χ0) is 27.9. The normalized spacial score (nSPS) is 36.4. The van der Waals surface area contributed by atoms with Gasteiger partial charge in [-0.15, -0.1) is 0 Å². The van der Waals surface area contributed by atoms with Gasteiger partial charge >= 0.3 is 0 Å². The molecule has 0 unspecified atom stereocenters. The molecule has 0 aliphatic heterocycles. The van der Waals surface area contributed by atoms with Gasteiger partial charge in [-0.3, -0.25) is 0 Å². The summed E-state index contributed by atoms with van der Waals surface area (Å²) in [5.74, 6) is 8.13. The van der Waals surface area contributed by atoms with Crippen molar-refractivity contribution >= 4 is 0 Å². The zero-order valence-corrected chi connectivity index (χ0v) is 26.3. The molecule has 3 saturated carbocycles. The van der Waals surface area contributed by atoms with Crippen molar-refractivity contribution in [1.29, 1.82) is 0 Å². The second-order valence-corrected chi connectivity index (χ2v) is 14.7. The highest BCUT2D eigenvalue weighted by Crippen LogP contribution is 2.68. The number of rotatable bonds is 9. The molecular weight excluding hydrogens is 480 g/mol. The molecule has 3 heteroatoms. The fourth-order valence-corrected chi connectivity index (χ4v) is 10.4. The van der Waals surface area contributed by atoms with Gasteiger partial charge in [-0.2, -0.15) is 0 Å². The van der Waals surface area contributed by atoms with Crippen LogP contribution < -0.4 is 14.2 Å². The van der Waals surface area contributed by atoms with Crippen molar-refractivity contribution in [2.45, 2.75) is 111 Å². The molecule has 4 aliphatic carbocycles. The van der Waals surface area contributed by atoms with Crippen molar-refractivity contribution in [3.8, 4) is 17.2 Å². The molecular formula is C36H56O3. The fraction of sp³-hybridized carbons (Fsp3) is 0.778. The third kappa shape index (κ3) is 4.93. The minimum Gasteiger partial charge on any atom is -0.493 e. The van der Waals surface area contributed by atoms with Gasteiger partial charge < -0.3 is 14.2 Å². The highest BCUT2D eigenvalue weighted by atomic mass is 16.5. The zero-order valence-electron chi connectivity index (χ0n) is 26.3. The summed E-state index contributed by atoms with van der Waals surface area (Å²) < 4.78 is 17.2. The Balaban J connectivity index is 1.34. The molecule has 0 aromatic heterocycles. The Morgan fingerprint density at radius 1 is 0.846 bits per heavy atom. The van der Waals surface area contributed by atoms with E-state index in [1.54, 1.807) is 26.9 Å². The Hall–Kier alpha value is -1.64. The lowest BCUT2D eigenvalue weighted by Crippen LogP contribution is -2.50. The Morgan fingerprint density at radius 2 is 1.62 bits per heavy atom. The van der Waals surface area contributed by atoms with Crippen LogP contribution in [0.3, 0.4) is 0 Å². The second-order valence-electron chi connectivity index (χ2n) is 14.7. The molecule has 3 nitrogen and oxygen atoms in total. The number of methoxy groups -OCH3 is 3. The molecule has 0 spiro atoms. The molecule has 218 valence electrons. The molecule has 8 atom stereocenters. The van der Waals surface area contributed by atoms with Crippen LogP contribution in [0, 0.1) is 46.3 Å². The van der Waals surface area contributed by atoms with Crippen molar-refractivity contribution in [2.75, 3.05) is 21.3 Å². The minimum atomic E-state index is 0.367. The molecule has 5 rings (SSSR count). The first-order chi connectivity index (χ1) is 18.7. The van der Waals surface area contributed by atoms with Crippen LogP contribution in [-0.2, 0) is 0 Å². The van der Waals surface area contributed by atoms with E-state index in [4.69, 9.17) is 14.2 Å². The summed E-state index contributed by atoms with van der Waals surface area (Å²) in [4.78, 5) is 0. The van der Waals surface area contributed by atoms with Crippen molar-refractivity contribution in [2.24, 2.45) is 46.3 Å². The predicted octanol–water partition coefficient (Wildman–Crippen LogP) is 9.84. The monoisotopic (exact) mass is 536 g/mol. The molecule has 39 heavy (non-hydrogen) atoms. The maximum atomic E-state index is 5.91.